The molecule has 4 aromatic rings. The summed E-state index contributed by atoms with van der Waals surface area (Å²) in [5.41, 5.74) is 2.92. The molecule has 3 aliphatic heterocycles. The van der Waals surface area contributed by atoms with Crippen LogP contribution < -0.4 is 14.5 Å². The molecule has 11 nitrogen and oxygen atoms in total. The summed E-state index contributed by atoms with van der Waals surface area (Å²) in [5.74, 6) is -0.916. The van der Waals surface area contributed by atoms with Crippen molar-refractivity contribution in [1.29, 1.82) is 5.26 Å². The molecule has 2 atom stereocenters. The van der Waals surface area contributed by atoms with Gasteiger partial charge in [-0.1, -0.05) is 35.9 Å². The summed E-state index contributed by atoms with van der Waals surface area (Å²) in [6.07, 6.45) is 6.88. The maximum atomic E-state index is 15.2. The standard InChI is InChI=1S/C36H37ClFN9O2/c1-44-16-4-8-26(44)23-49-36-42-30-22-45(31-10-3-7-24-6-2-9-28(37)33(24)31)17-12-27(30)34(43-36)46-18-19-47(25(21-46)11-13-39)35(48)29(38)20-32-40-14-5-15-41-32/h2-3,5-7,9-10,14-15,20,25-26H,4,8,11-12,16-19,21-23H2,1H3/b29-20-. The number of amides is 1. The number of carbonyl (C=O) groups excluding carboxylic acids is 1. The van der Waals surface area contributed by atoms with Crippen molar-refractivity contribution in [3.8, 4) is 12.1 Å². The molecule has 1 amide bonds. The van der Waals surface area contributed by atoms with Gasteiger partial charge in [-0.3, -0.25) is 4.79 Å². The number of likely N-dealkylation sites (N-methyl/N-ethyl adjacent to an activating group) is 1. The molecule has 2 fully saturated rings. The molecule has 5 heterocycles. The van der Waals surface area contributed by atoms with Crippen LogP contribution in [0.25, 0.3) is 16.8 Å². The van der Waals surface area contributed by atoms with Crippen LogP contribution in [-0.2, 0) is 17.8 Å². The fourth-order valence-corrected chi connectivity index (χ4v) is 7.39. The molecule has 3 aliphatic rings. The highest BCUT2D eigenvalue weighted by Crippen LogP contribution is 2.37. The zero-order valence-electron chi connectivity index (χ0n) is 27.3. The van der Waals surface area contributed by atoms with E-state index in [0.29, 0.717) is 43.7 Å². The van der Waals surface area contributed by atoms with E-state index in [9.17, 15) is 10.1 Å². The highest BCUT2D eigenvalue weighted by Gasteiger charge is 2.35. The van der Waals surface area contributed by atoms with Crippen molar-refractivity contribution in [3.63, 3.8) is 0 Å². The van der Waals surface area contributed by atoms with E-state index in [1.807, 2.05) is 18.2 Å². The molecular formula is C36H37ClFN9O2. The topological polar surface area (TPSA) is 115 Å². The lowest BCUT2D eigenvalue weighted by Gasteiger charge is -2.42. The molecule has 13 heteroatoms. The van der Waals surface area contributed by atoms with Gasteiger partial charge in [-0.2, -0.15) is 15.2 Å². The molecule has 0 aliphatic carbocycles. The Hall–Kier alpha value is -4.86. The minimum absolute atomic E-state index is 0.0393. The molecule has 252 valence electrons. The quantitative estimate of drug-likeness (QED) is 0.234. The minimum atomic E-state index is -0.969. The first-order chi connectivity index (χ1) is 23.9. The van der Waals surface area contributed by atoms with Gasteiger partial charge in [0.1, 0.15) is 12.4 Å². The molecule has 0 saturated carbocycles. The van der Waals surface area contributed by atoms with Gasteiger partial charge in [0.15, 0.2) is 11.7 Å². The van der Waals surface area contributed by atoms with Crippen LogP contribution in [0.1, 0.15) is 36.3 Å². The van der Waals surface area contributed by atoms with Gasteiger partial charge in [-0.05, 0) is 56.4 Å². The monoisotopic (exact) mass is 681 g/mol. The van der Waals surface area contributed by atoms with Crippen molar-refractivity contribution in [2.45, 2.75) is 44.3 Å². The third kappa shape index (κ3) is 6.86. The first kappa shape index (κ1) is 32.7. The number of fused-ring (bicyclic) bond motifs is 2. The van der Waals surface area contributed by atoms with Crippen LogP contribution in [0.3, 0.4) is 0 Å². The molecule has 2 aromatic heterocycles. The van der Waals surface area contributed by atoms with Crippen LogP contribution in [0.2, 0.25) is 5.02 Å². The SMILES string of the molecule is CN1CCCC1COc1nc2c(c(N3CCN(C(=O)/C(F)=C/c4ncccn4)C(CC#N)C3)n1)CCN(c1cccc3cccc(Cl)c13)C2. The van der Waals surface area contributed by atoms with Gasteiger partial charge in [-0.25, -0.2) is 14.4 Å². The molecule has 0 bridgehead atoms. The number of anilines is 2. The average Bonchev–Trinajstić information content (AvgIpc) is 3.54. The van der Waals surface area contributed by atoms with Crippen molar-refractivity contribution in [3.05, 3.63) is 82.8 Å². The van der Waals surface area contributed by atoms with Crippen LogP contribution >= 0.6 is 11.6 Å². The Morgan fingerprint density at radius 3 is 2.65 bits per heavy atom. The maximum absolute atomic E-state index is 15.2. The number of hydrogen-bond donors (Lipinski definition) is 0. The molecule has 0 spiro atoms. The average molecular weight is 682 g/mol. The van der Waals surface area contributed by atoms with Gasteiger partial charge >= 0.3 is 6.01 Å². The first-order valence-electron chi connectivity index (χ1n) is 16.6. The van der Waals surface area contributed by atoms with Crippen molar-refractivity contribution in [2.24, 2.45) is 0 Å². The van der Waals surface area contributed by atoms with Gasteiger partial charge < -0.3 is 24.3 Å². The second-order valence-corrected chi connectivity index (χ2v) is 13.1. The number of piperazine rings is 1. The normalized spacial score (nSPS) is 20.0. The van der Waals surface area contributed by atoms with E-state index in [1.165, 1.54) is 17.3 Å². The lowest BCUT2D eigenvalue weighted by Crippen LogP contribution is -2.56. The molecular weight excluding hydrogens is 645 g/mol. The van der Waals surface area contributed by atoms with Gasteiger partial charge in [0.2, 0.25) is 0 Å². The van der Waals surface area contributed by atoms with Crippen LogP contribution in [-0.4, -0.2) is 94.1 Å². The first-order valence-corrected chi connectivity index (χ1v) is 17.0. The predicted molar refractivity (Wildman–Crippen MR) is 186 cm³/mol. The number of ether oxygens (including phenoxy) is 1. The summed E-state index contributed by atoms with van der Waals surface area (Å²) in [4.78, 5) is 39.3. The van der Waals surface area contributed by atoms with Gasteiger partial charge in [0, 0.05) is 67.3 Å². The van der Waals surface area contributed by atoms with Crippen LogP contribution in [0.15, 0.2) is 60.7 Å². The van der Waals surface area contributed by atoms with E-state index < -0.39 is 17.8 Å². The van der Waals surface area contributed by atoms with E-state index in [0.717, 1.165) is 65.5 Å². The molecule has 2 saturated heterocycles. The number of likely N-dealkylation sites (tertiary alicyclic amines) is 1. The fraction of sp³-hybridized carbons (Fsp3) is 0.389. The zero-order chi connectivity index (χ0) is 33.9. The van der Waals surface area contributed by atoms with E-state index in [-0.39, 0.29) is 24.8 Å². The predicted octanol–water partition coefficient (Wildman–Crippen LogP) is 5.05. The smallest absolute Gasteiger partial charge is 0.318 e. The number of nitrogens with zero attached hydrogens (tertiary/aromatic N) is 9. The molecule has 0 radical (unpaired) electrons. The number of carbonyl (C=O) groups is 1. The number of rotatable bonds is 8. The Morgan fingerprint density at radius 1 is 1.06 bits per heavy atom. The Kier molecular flexibility index (Phi) is 9.55. The third-order valence-electron chi connectivity index (χ3n) is 9.69. The molecule has 7 rings (SSSR count). The molecule has 2 unspecified atom stereocenters. The second kappa shape index (κ2) is 14.3. The molecule has 49 heavy (non-hydrogen) atoms. The van der Waals surface area contributed by atoms with Crippen molar-refractivity contribution in [1.82, 2.24) is 29.7 Å². The van der Waals surface area contributed by atoms with E-state index >= 15 is 4.39 Å². The Balaban J connectivity index is 1.18. The number of nitriles is 1. The van der Waals surface area contributed by atoms with E-state index in [2.05, 4.69) is 56.0 Å². The van der Waals surface area contributed by atoms with Gasteiger partial charge in [0.25, 0.3) is 5.91 Å². The minimum Gasteiger partial charge on any atom is -0.462 e. The number of halogens is 2. The largest absolute Gasteiger partial charge is 0.462 e. The lowest BCUT2D eigenvalue weighted by molar-refractivity contribution is -0.131. The summed E-state index contributed by atoms with van der Waals surface area (Å²) in [6, 6.07) is 16.0. The highest BCUT2D eigenvalue weighted by atomic mass is 35.5. The van der Waals surface area contributed by atoms with Gasteiger partial charge in [-0.15, -0.1) is 0 Å². The maximum Gasteiger partial charge on any atom is 0.318 e. The highest BCUT2D eigenvalue weighted by molar-refractivity contribution is 6.36. The number of hydrogen-bond acceptors (Lipinski definition) is 10. The number of benzene rings is 2. The van der Waals surface area contributed by atoms with Crippen molar-refractivity contribution >= 4 is 45.9 Å². The van der Waals surface area contributed by atoms with Crippen LogP contribution in [0.4, 0.5) is 15.9 Å². The Bertz CT molecular complexity index is 1920. The third-order valence-corrected chi connectivity index (χ3v) is 10.0. The number of aromatic nitrogens is 4. The lowest BCUT2D eigenvalue weighted by atomic mass is 10.0. The summed E-state index contributed by atoms with van der Waals surface area (Å²) in [6.45, 7) is 3.69. The summed E-state index contributed by atoms with van der Waals surface area (Å²) < 4.78 is 21.5. The summed E-state index contributed by atoms with van der Waals surface area (Å²) in [7, 11) is 2.11. The van der Waals surface area contributed by atoms with Crippen LogP contribution in [0, 0.1) is 11.3 Å². The zero-order valence-corrected chi connectivity index (χ0v) is 28.1. The van der Waals surface area contributed by atoms with Crippen molar-refractivity contribution < 1.29 is 13.9 Å². The molecule has 2 aromatic carbocycles. The fourth-order valence-electron chi connectivity index (χ4n) is 7.11. The Morgan fingerprint density at radius 2 is 1.88 bits per heavy atom. The van der Waals surface area contributed by atoms with Crippen molar-refractivity contribution in [2.75, 3.05) is 56.2 Å². The second-order valence-electron chi connectivity index (χ2n) is 12.7. The molecule has 0 N–H and O–H groups in total. The van der Waals surface area contributed by atoms with E-state index in [1.54, 1.807) is 6.07 Å². The summed E-state index contributed by atoms with van der Waals surface area (Å²) in [5, 5.41) is 12.5. The van der Waals surface area contributed by atoms with Crippen LogP contribution in [0.5, 0.6) is 6.01 Å². The van der Waals surface area contributed by atoms with E-state index in [4.69, 9.17) is 26.3 Å². The van der Waals surface area contributed by atoms with Gasteiger partial charge in [0.05, 0.1) is 35.8 Å². The Labute approximate surface area is 289 Å². The summed E-state index contributed by atoms with van der Waals surface area (Å²) >= 11 is 6.72.